The molecule has 11 heteroatoms. The maximum atomic E-state index is 12.2. The van der Waals surface area contributed by atoms with Gasteiger partial charge in [0.15, 0.2) is 10.3 Å². The average Bonchev–Trinajstić information content (AvgIpc) is 2.40. The minimum Gasteiger partial charge on any atom is -0.493 e. The van der Waals surface area contributed by atoms with E-state index in [0.717, 1.165) is 13.0 Å². The Bertz CT molecular complexity index is 1040. The van der Waals surface area contributed by atoms with Gasteiger partial charge in [0.1, 0.15) is 0 Å². The van der Waals surface area contributed by atoms with Crippen molar-refractivity contribution in [2.75, 3.05) is 0 Å². The Morgan fingerprint density at radius 1 is 1.04 bits per heavy atom. The van der Waals surface area contributed by atoms with Crippen molar-refractivity contribution in [1.29, 1.82) is 0 Å². The van der Waals surface area contributed by atoms with Gasteiger partial charge < -0.3 is 5.11 Å². The van der Waals surface area contributed by atoms with Crippen molar-refractivity contribution >= 4 is 20.2 Å². The number of hydrogen-bond acceptors (Lipinski definition) is 6. The van der Waals surface area contributed by atoms with E-state index >= 15 is 0 Å². The third kappa shape index (κ3) is 3.33. The Morgan fingerprint density at radius 2 is 1.58 bits per heavy atom. The fourth-order valence-corrected chi connectivity index (χ4v) is 4.09. The molecular weight excluding hydrogens is 362 g/mol. The maximum Gasteiger partial charge on any atom is 0.300 e. The summed E-state index contributed by atoms with van der Waals surface area (Å²) in [7, 11) is -9.92. The molecule has 1 heterocycles. The van der Waals surface area contributed by atoms with Gasteiger partial charge in [-0.3, -0.25) is 18.5 Å². The number of benzene rings is 1. The largest absolute Gasteiger partial charge is 0.493 e. The molecule has 1 atom stereocenters. The highest BCUT2D eigenvalue weighted by molar-refractivity contribution is 7.86. The van der Waals surface area contributed by atoms with Gasteiger partial charge in [0.25, 0.3) is 25.8 Å². The first-order valence-electron chi connectivity index (χ1n) is 6.38. The molecule has 24 heavy (non-hydrogen) atoms. The lowest BCUT2D eigenvalue weighted by atomic mass is 10.2. The summed E-state index contributed by atoms with van der Waals surface area (Å²) in [5.74, 6) is -1.30. The van der Waals surface area contributed by atoms with Crippen molar-refractivity contribution in [3.05, 3.63) is 57.9 Å². The van der Waals surface area contributed by atoms with Crippen LogP contribution >= 0.6 is 0 Å². The molecular formula is C13H13NO8S2. The SMILES string of the molecule is Cc1cc(=O)n(C(c2ccccc2)S(=O)(=O)O)c(O)c1S(=O)(=O)O. The Morgan fingerprint density at radius 3 is 2.04 bits per heavy atom. The van der Waals surface area contributed by atoms with Crippen LogP contribution in [0.1, 0.15) is 16.5 Å². The number of aryl methyl sites for hydroxylation is 1. The molecule has 0 fully saturated rings. The molecule has 9 nitrogen and oxygen atoms in total. The minimum absolute atomic E-state index is 0.0949. The van der Waals surface area contributed by atoms with E-state index in [0.29, 0.717) is 0 Å². The van der Waals surface area contributed by atoms with Crippen LogP contribution in [0, 0.1) is 6.92 Å². The third-order valence-corrected chi connectivity index (χ3v) is 5.29. The lowest BCUT2D eigenvalue weighted by Crippen LogP contribution is -2.31. The van der Waals surface area contributed by atoms with Crippen LogP contribution in [0.25, 0.3) is 0 Å². The van der Waals surface area contributed by atoms with E-state index in [1.807, 2.05) is 0 Å². The van der Waals surface area contributed by atoms with Crippen LogP contribution < -0.4 is 5.56 Å². The predicted molar refractivity (Wildman–Crippen MR) is 83.0 cm³/mol. The first kappa shape index (κ1) is 18.1. The molecule has 0 bridgehead atoms. The van der Waals surface area contributed by atoms with E-state index in [2.05, 4.69) is 0 Å². The third-order valence-electron chi connectivity index (χ3n) is 3.23. The summed E-state index contributed by atoms with van der Waals surface area (Å²) in [5.41, 5.74) is -1.45. The summed E-state index contributed by atoms with van der Waals surface area (Å²) in [6.45, 7) is 1.14. The molecule has 0 aliphatic rings. The normalized spacial score (nSPS) is 13.6. The fraction of sp³-hybridized carbons (Fsp3) is 0.154. The molecule has 2 rings (SSSR count). The minimum atomic E-state index is -4.96. The van der Waals surface area contributed by atoms with Crippen LogP contribution in [0.4, 0.5) is 0 Å². The Kier molecular flexibility index (Phi) is 4.55. The van der Waals surface area contributed by atoms with Gasteiger partial charge in [0.2, 0.25) is 5.88 Å². The quantitative estimate of drug-likeness (QED) is 0.655. The van der Waals surface area contributed by atoms with Crippen molar-refractivity contribution in [1.82, 2.24) is 4.57 Å². The van der Waals surface area contributed by atoms with Gasteiger partial charge in [-0.1, -0.05) is 30.3 Å². The molecule has 0 spiro atoms. The Labute approximate surface area is 137 Å². The molecule has 3 N–H and O–H groups in total. The van der Waals surface area contributed by atoms with Gasteiger partial charge in [-0.25, -0.2) is 0 Å². The second-order valence-corrected chi connectivity index (χ2v) is 7.78. The van der Waals surface area contributed by atoms with Crippen molar-refractivity contribution < 1.29 is 31.0 Å². The van der Waals surface area contributed by atoms with Crippen LogP contribution in [0.5, 0.6) is 5.88 Å². The van der Waals surface area contributed by atoms with E-state index < -0.39 is 41.9 Å². The van der Waals surface area contributed by atoms with Crippen LogP contribution in [-0.4, -0.2) is 35.6 Å². The highest BCUT2D eigenvalue weighted by Gasteiger charge is 2.33. The van der Waals surface area contributed by atoms with E-state index in [1.165, 1.54) is 24.3 Å². The van der Waals surface area contributed by atoms with Gasteiger partial charge in [0.05, 0.1) is 0 Å². The number of rotatable bonds is 4. The average molecular weight is 375 g/mol. The summed E-state index contributed by atoms with van der Waals surface area (Å²) in [6, 6.07) is 7.64. The van der Waals surface area contributed by atoms with Gasteiger partial charge >= 0.3 is 0 Å². The molecule has 1 aromatic heterocycles. The van der Waals surface area contributed by atoms with Crippen LogP contribution in [0.3, 0.4) is 0 Å². The van der Waals surface area contributed by atoms with Crippen molar-refractivity contribution in [3.8, 4) is 5.88 Å². The summed E-state index contributed by atoms with van der Waals surface area (Å²) >= 11 is 0. The van der Waals surface area contributed by atoms with Gasteiger partial charge in [-0.15, -0.1) is 0 Å². The number of hydrogen-bond donors (Lipinski definition) is 3. The number of aromatic nitrogens is 1. The summed E-state index contributed by atoms with van der Waals surface area (Å²) < 4.78 is 65.2. The number of nitrogens with zero attached hydrogens (tertiary/aromatic N) is 1. The maximum absolute atomic E-state index is 12.2. The summed E-state index contributed by atoms with van der Waals surface area (Å²) in [4.78, 5) is 11.1. The first-order chi connectivity index (χ1) is 10.9. The molecule has 1 unspecified atom stereocenters. The van der Waals surface area contributed by atoms with E-state index in [9.17, 15) is 35.8 Å². The van der Waals surface area contributed by atoms with Gasteiger partial charge in [0, 0.05) is 6.07 Å². The monoisotopic (exact) mass is 375 g/mol. The summed E-state index contributed by atoms with van der Waals surface area (Å²) in [5, 5.41) is 8.04. The van der Waals surface area contributed by atoms with E-state index in [1.54, 1.807) is 6.07 Å². The molecule has 130 valence electrons. The standard InChI is InChI=1S/C13H13NO8S2/c1-8-7-10(15)14(12(16)11(8)23(17,18)19)13(24(20,21)22)9-5-3-2-4-6-9/h2-7,13,16H,1H3,(H,17,18,19)(H,20,21,22). The lowest BCUT2D eigenvalue weighted by Gasteiger charge is -2.20. The zero-order valence-corrected chi connectivity index (χ0v) is 13.8. The second kappa shape index (κ2) is 6.02. The smallest absolute Gasteiger partial charge is 0.300 e. The van der Waals surface area contributed by atoms with Gasteiger partial charge in [-0.05, 0) is 18.1 Å². The summed E-state index contributed by atoms with van der Waals surface area (Å²) in [6.07, 6.45) is 0. The molecule has 1 aromatic carbocycles. The predicted octanol–water partition coefficient (Wildman–Crippen LogP) is 0.544. The molecule has 0 saturated carbocycles. The lowest BCUT2D eigenvalue weighted by molar-refractivity contribution is 0.374. The van der Waals surface area contributed by atoms with Crippen LogP contribution in [0.2, 0.25) is 0 Å². The second-order valence-electron chi connectivity index (χ2n) is 4.94. The van der Waals surface area contributed by atoms with Crippen molar-refractivity contribution in [2.45, 2.75) is 17.2 Å². The number of aromatic hydroxyl groups is 1. The van der Waals surface area contributed by atoms with Gasteiger partial charge in [-0.2, -0.15) is 16.8 Å². The molecule has 2 aromatic rings. The molecule has 0 aliphatic carbocycles. The zero-order chi connectivity index (χ0) is 18.3. The zero-order valence-electron chi connectivity index (χ0n) is 12.2. The highest BCUT2D eigenvalue weighted by Crippen LogP contribution is 2.31. The first-order valence-corrected chi connectivity index (χ1v) is 9.32. The fourth-order valence-electron chi connectivity index (χ4n) is 2.33. The molecule has 0 aliphatic heterocycles. The molecule has 0 radical (unpaired) electrons. The van der Waals surface area contributed by atoms with Crippen molar-refractivity contribution in [2.24, 2.45) is 0 Å². The topological polar surface area (TPSA) is 151 Å². The van der Waals surface area contributed by atoms with Crippen LogP contribution in [-0.2, 0) is 20.2 Å². The van der Waals surface area contributed by atoms with Crippen LogP contribution in [0.15, 0.2) is 46.1 Å². The van der Waals surface area contributed by atoms with E-state index in [4.69, 9.17) is 0 Å². The van der Waals surface area contributed by atoms with Crippen molar-refractivity contribution in [3.63, 3.8) is 0 Å². The molecule has 0 saturated heterocycles. The number of pyridine rings is 1. The Hall–Kier alpha value is -2.21. The van der Waals surface area contributed by atoms with E-state index in [-0.39, 0.29) is 15.7 Å². The molecule has 0 amide bonds. The highest BCUT2D eigenvalue weighted by atomic mass is 32.2. The Balaban J connectivity index is 2.95.